The van der Waals surface area contributed by atoms with Crippen LogP contribution in [0.2, 0.25) is 0 Å². The van der Waals surface area contributed by atoms with Gasteiger partial charge in [-0.1, -0.05) is 5.22 Å². The quantitative estimate of drug-likeness (QED) is 0.455. The smallest absolute Gasteiger partial charge is 0.378 e. The van der Waals surface area contributed by atoms with Gasteiger partial charge in [-0.25, -0.2) is 0 Å². The molecule has 0 N–H and O–H groups in total. The maximum atomic E-state index is 12.1. The summed E-state index contributed by atoms with van der Waals surface area (Å²) in [6.07, 6.45) is 0. The number of nitrogens with zero attached hydrogens (tertiary/aromatic N) is 6. The van der Waals surface area contributed by atoms with Gasteiger partial charge < -0.3 is 4.90 Å². The molecule has 0 aliphatic heterocycles. The van der Waals surface area contributed by atoms with E-state index in [4.69, 9.17) is 0 Å². The summed E-state index contributed by atoms with van der Waals surface area (Å²) in [4.78, 5) is 1.57. The summed E-state index contributed by atoms with van der Waals surface area (Å²) in [5.74, 6) is 0. The van der Waals surface area contributed by atoms with Gasteiger partial charge in [-0.3, -0.25) is 5.01 Å². The van der Waals surface area contributed by atoms with Gasteiger partial charge in [0.1, 0.15) is 0 Å². The van der Waals surface area contributed by atoms with Crippen LogP contribution in [0.3, 0.4) is 0 Å². The zero-order valence-corrected chi connectivity index (χ0v) is 17.8. The molecule has 0 aromatic heterocycles. The maximum absolute atomic E-state index is 12.1. The lowest BCUT2D eigenvalue weighted by molar-refractivity contribution is 0.401. The molecular weight excluding hydrogens is 420 g/mol. The predicted molar refractivity (Wildman–Crippen MR) is 107 cm³/mol. The van der Waals surface area contributed by atoms with Gasteiger partial charge in [0.2, 0.25) is 0 Å². The molecule has 0 bridgehead atoms. The number of benzene rings is 2. The largest absolute Gasteiger partial charge is 0.414 e. The molecule has 0 amide bonds. The molecule has 29 heavy (non-hydrogen) atoms. The number of azo groups is 1. The highest BCUT2D eigenvalue weighted by atomic mass is 32.3. The lowest BCUT2D eigenvalue weighted by Crippen LogP contribution is -2.12. The zero-order chi connectivity index (χ0) is 21.7. The summed E-state index contributed by atoms with van der Waals surface area (Å²) in [6.45, 7) is 0. The highest BCUT2D eigenvalue weighted by molar-refractivity contribution is 7.99. The Kier molecular flexibility index (Phi) is 7.00. The van der Waals surface area contributed by atoms with Crippen molar-refractivity contribution < 1.29 is 20.5 Å². The minimum absolute atomic E-state index is 0.371. The summed E-state index contributed by atoms with van der Waals surface area (Å²) < 4.78 is 54.4. The van der Waals surface area contributed by atoms with Gasteiger partial charge in [0.15, 0.2) is 0 Å². The molecule has 0 saturated carbocycles. The molecule has 2 rings (SSSR count). The van der Waals surface area contributed by atoms with E-state index in [1.807, 2.05) is 31.1 Å². The van der Waals surface area contributed by atoms with Crippen LogP contribution in [0.4, 0.5) is 17.1 Å². The average molecular weight is 441 g/mol. The Morgan fingerprint density at radius 3 is 1.69 bits per heavy atom. The molecule has 0 spiro atoms. The van der Waals surface area contributed by atoms with E-state index in [1.54, 1.807) is 12.1 Å². The van der Waals surface area contributed by atoms with Crippen LogP contribution in [0, 0.1) is 0 Å². The second kappa shape index (κ2) is 9.07. The van der Waals surface area contributed by atoms with E-state index < -0.39 is 20.4 Å². The second-order valence-electron chi connectivity index (χ2n) is 6.07. The topological polar surface area (TPSA) is 133 Å². The van der Waals surface area contributed by atoms with Gasteiger partial charge in [0.25, 0.3) is 0 Å². The van der Waals surface area contributed by atoms with Crippen molar-refractivity contribution in [1.29, 1.82) is 0 Å². The number of anilines is 1. The van der Waals surface area contributed by atoms with Crippen molar-refractivity contribution in [2.75, 3.05) is 33.1 Å². The van der Waals surface area contributed by atoms with E-state index in [-0.39, 0.29) is 4.90 Å². The monoisotopic (exact) mass is 440 g/mol. The van der Waals surface area contributed by atoms with Crippen LogP contribution in [0.1, 0.15) is 0 Å². The molecule has 0 radical (unpaired) electrons. The first-order valence-corrected chi connectivity index (χ1v) is 10.9. The third-order valence-corrected chi connectivity index (χ3v) is 5.79. The van der Waals surface area contributed by atoms with Crippen molar-refractivity contribution in [1.82, 2.24) is 5.01 Å². The molecule has 2 aromatic carbocycles. The molecule has 0 fully saturated rings. The van der Waals surface area contributed by atoms with E-state index in [1.165, 1.54) is 26.2 Å². The SMILES string of the molecule is CN(C)N=NS(=O)(=O)OS(=O)(=O)c1ccc(N=Nc2ccc(N(C)C)cc2)cc1. The van der Waals surface area contributed by atoms with Crippen LogP contribution in [0.15, 0.2) is 73.4 Å². The van der Waals surface area contributed by atoms with Crippen LogP contribution in [-0.2, 0) is 24.1 Å². The fourth-order valence-corrected chi connectivity index (χ4v) is 3.93. The van der Waals surface area contributed by atoms with Gasteiger partial charge in [-0.2, -0.15) is 27.1 Å². The van der Waals surface area contributed by atoms with Gasteiger partial charge in [-0.05, 0) is 53.1 Å². The zero-order valence-electron chi connectivity index (χ0n) is 16.2. The number of hydrogen-bond donors (Lipinski definition) is 0. The Bertz CT molecular complexity index is 1090. The third kappa shape index (κ3) is 6.89. The molecule has 0 aliphatic carbocycles. The lowest BCUT2D eigenvalue weighted by Gasteiger charge is -2.11. The molecule has 0 heterocycles. The molecule has 11 nitrogen and oxygen atoms in total. The molecule has 0 aliphatic rings. The van der Waals surface area contributed by atoms with Gasteiger partial charge in [0.05, 0.1) is 16.3 Å². The molecule has 13 heteroatoms. The molecule has 156 valence electrons. The van der Waals surface area contributed by atoms with Gasteiger partial charge in [-0.15, -0.1) is 3.63 Å². The van der Waals surface area contributed by atoms with E-state index in [0.29, 0.717) is 11.4 Å². The van der Waals surface area contributed by atoms with Crippen LogP contribution in [0.25, 0.3) is 0 Å². The Balaban J connectivity index is 2.12. The Morgan fingerprint density at radius 1 is 0.759 bits per heavy atom. The number of hydrogen-bond acceptors (Lipinski definition) is 9. The lowest BCUT2D eigenvalue weighted by atomic mass is 10.3. The van der Waals surface area contributed by atoms with E-state index in [9.17, 15) is 16.8 Å². The standard InChI is InChI=1S/C16H20N6O5S2/c1-21(2)15-9-5-13(6-10-15)17-18-14-7-11-16(12-8-14)28(23,24)27-29(25,26)20-19-22(3)4/h5-12H,1-4H3. The molecule has 2 aromatic rings. The normalized spacial score (nSPS) is 12.6. The Labute approximate surface area is 169 Å². The van der Waals surface area contributed by atoms with Gasteiger partial charge in [0, 0.05) is 33.9 Å². The summed E-state index contributed by atoms with van der Waals surface area (Å²) >= 11 is 0. The van der Waals surface area contributed by atoms with Crippen molar-refractivity contribution in [2.24, 2.45) is 20.0 Å². The van der Waals surface area contributed by atoms with Crippen molar-refractivity contribution in [3.8, 4) is 0 Å². The van der Waals surface area contributed by atoms with Gasteiger partial charge >= 0.3 is 20.4 Å². The third-order valence-electron chi connectivity index (χ3n) is 3.26. The highest BCUT2D eigenvalue weighted by Gasteiger charge is 2.25. The minimum Gasteiger partial charge on any atom is -0.378 e. The molecular formula is C16H20N6O5S2. The maximum Gasteiger partial charge on any atom is 0.414 e. The van der Waals surface area contributed by atoms with E-state index >= 15 is 0 Å². The summed E-state index contributed by atoms with van der Waals surface area (Å²) in [5.41, 5.74) is 2.00. The Morgan fingerprint density at radius 2 is 1.24 bits per heavy atom. The predicted octanol–water partition coefficient (Wildman–Crippen LogP) is 3.05. The first-order chi connectivity index (χ1) is 13.5. The molecule has 0 unspecified atom stereocenters. The summed E-state index contributed by atoms with van der Waals surface area (Å²) in [6, 6.07) is 12.4. The fourth-order valence-electron chi connectivity index (χ4n) is 1.90. The van der Waals surface area contributed by atoms with Crippen molar-refractivity contribution >= 4 is 37.5 Å². The summed E-state index contributed by atoms with van der Waals surface area (Å²) in [5, 5.41) is 12.4. The van der Waals surface area contributed by atoms with E-state index in [0.717, 1.165) is 22.8 Å². The molecule has 0 saturated heterocycles. The van der Waals surface area contributed by atoms with Crippen molar-refractivity contribution in [2.45, 2.75) is 4.90 Å². The molecule has 0 atom stereocenters. The van der Waals surface area contributed by atoms with Crippen molar-refractivity contribution in [3.63, 3.8) is 0 Å². The van der Waals surface area contributed by atoms with Crippen LogP contribution >= 0.6 is 0 Å². The van der Waals surface area contributed by atoms with Crippen LogP contribution in [0.5, 0.6) is 0 Å². The summed E-state index contributed by atoms with van der Waals surface area (Å²) in [7, 11) is -2.69. The van der Waals surface area contributed by atoms with Crippen LogP contribution in [-0.4, -0.2) is 50.0 Å². The second-order valence-corrected chi connectivity index (χ2v) is 9.02. The minimum atomic E-state index is -4.77. The Hall–Kier alpha value is -2.90. The number of rotatable bonds is 8. The van der Waals surface area contributed by atoms with Crippen LogP contribution < -0.4 is 4.90 Å². The first-order valence-electron chi connectivity index (χ1n) is 8.09. The average Bonchev–Trinajstić information content (AvgIpc) is 2.65. The highest BCUT2D eigenvalue weighted by Crippen LogP contribution is 2.23. The van der Waals surface area contributed by atoms with Crippen molar-refractivity contribution in [3.05, 3.63) is 48.5 Å². The fraction of sp³-hybridized carbons (Fsp3) is 0.250. The van der Waals surface area contributed by atoms with E-state index in [2.05, 4.69) is 23.6 Å². The first kappa shape index (κ1) is 22.4.